The minimum Gasteiger partial charge on any atom is -0.337 e. The molecule has 0 radical (unpaired) electrons. The van der Waals surface area contributed by atoms with Crippen LogP contribution in [0.3, 0.4) is 0 Å². The van der Waals surface area contributed by atoms with E-state index in [2.05, 4.69) is 10.4 Å². The van der Waals surface area contributed by atoms with Crippen molar-refractivity contribution >= 4 is 16.8 Å². The molecule has 2 heterocycles. The van der Waals surface area contributed by atoms with Crippen LogP contribution in [-0.4, -0.2) is 46.8 Å². The fraction of sp³-hybridized carbons (Fsp3) is 0.429. The van der Waals surface area contributed by atoms with E-state index in [-0.39, 0.29) is 5.91 Å². The molecular weight excluding hydrogens is 240 g/mol. The van der Waals surface area contributed by atoms with E-state index in [1.54, 1.807) is 4.68 Å². The molecule has 5 nitrogen and oxygen atoms in total. The Morgan fingerprint density at radius 3 is 3.11 bits per heavy atom. The Bertz CT molecular complexity index is 597. The van der Waals surface area contributed by atoms with Crippen LogP contribution in [0, 0.1) is 0 Å². The summed E-state index contributed by atoms with van der Waals surface area (Å²) in [6, 6.07) is 5.79. The van der Waals surface area contributed by atoms with Crippen molar-refractivity contribution in [3.8, 4) is 0 Å². The van der Waals surface area contributed by atoms with Gasteiger partial charge < -0.3 is 10.2 Å². The van der Waals surface area contributed by atoms with Gasteiger partial charge in [0.25, 0.3) is 5.91 Å². The number of amides is 1. The molecule has 0 unspecified atom stereocenters. The summed E-state index contributed by atoms with van der Waals surface area (Å²) >= 11 is 0. The zero-order valence-electron chi connectivity index (χ0n) is 11.1. The zero-order chi connectivity index (χ0) is 13.2. The Morgan fingerprint density at radius 2 is 2.21 bits per heavy atom. The topological polar surface area (TPSA) is 50.2 Å². The standard InChI is InChI=1S/C14H18N4O/c1-17-13-9-11(3-4-12(13)10-16-17)14(19)18-7-2-5-15-6-8-18/h3-4,9-10,15H,2,5-8H2,1H3. The quantitative estimate of drug-likeness (QED) is 0.830. The molecule has 2 aromatic rings. The molecule has 1 amide bonds. The third-order valence-electron chi connectivity index (χ3n) is 3.62. The number of nitrogens with one attached hydrogen (secondary N) is 1. The molecular formula is C14H18N4O. The highest BCUT2D eigenvalue weighted by Gasteiger charge is 2.17. The van der Waals surface area contributed by atoms with Crippen molar-refractivity contribution in [2.24, 2.45) is 7.05 Å². The first-order chi connectivity index (χ1) is 9.25. The maximum Gasteiger partial charge on any atom is 0.253 e. The van der Waals surface area contributed by atoms with Gasteiger partial charge in [-0.1, -0.05) is 6.07 Å². The van der Waals surface area contributed by atoms with E-state index in [4.69, 9.17) is 0 Å². The van der Waals surface area contributed by atoms with E-state index in [0.717, 1.165) is 49.1 Å². The molecule has 1 aliphatic rings. The van der Waals surface area contributed by atoms with Gasteiger partial charge in [-0.3, -0.25) is 9.48 Å². The summed E-state index contributed by atoms with van der Waals surface area (Å²) in [6.07, 6.45) is 2.83. The van der Waals surface area contributed by atoms with Crippen molar-refractivity contribution in [3.63, 3.8) is 0 Å². The normalized spacial score (nSPS) is 16.6. The van der Waals surface area contributed by atoms with Crippen molar-refractivity contribution in [3.05, 3.63) is 30.0 Å². The van der Waals surface area contributed by atoms with Crippen LogP contribution in [0.15, 0.2) is 24.4 Å². The van der Waals surface area contributed by atoms with Crippen molar-refractivity contribution in [1.29, 1.82) is 0 Å². The Morgan fingerprint density at radius 1 is 1.32 bits per heavy atom. The summed E-state index contributed by atoms with van der Waals surface area (Å²) in [7, 11) is 1.90. The van der Waals surface area contributed by atoms with Crippen LogP contribution >= 0.6 is 0 Å². The monoisotopic (exact) mass is 258 g/mol. The smallest absolute Gasteiger partial charge is 0.253 e. The fourth-order valence-corrected chi connectivity index (χ4v) is 2.51. The van der Waals surface area contributed by atoms with Gasteiger partial charge in [0.15, 0.2) is 0 Å². The first kappa shape index (κ1) is 12.2. The molecule has 1 aromatic carbocycles. The number of rotatable bonds is 1. The lowest BCUT2D eigenvalue weighted by molar-refractivity contribution is 0.0766. The molecule has 1 fully saturated rings. The summed E-state index contributed by atoms with van der Waals surface area (Å²) in [5.41, 5.74) is 1.75. The van der Waals surface area contributed by atoms with Gasteiger partial charge in [0.1, 0.15) is 0 Å². The second-order valence-corrected chi connectivity index (χ2v) is 4.94. The highest BCUT2D eigenvalue weighted by molar-refractivity contribution is 5.97. The molecule has 19 heavy (non-hydrogen) atoms. The van der Waals surface area contributed by atoms with Crippen LogP contribution in [0.1, 0.15) is 16.8 Å². The maximum atomic E-state index is 12.5. The van der Waals surface area contributed by atoms with Crippen molar-refractivity contribution in [2.75, 3.05) is 26.2 Å². The molecule has 0 bridgehead atoms. The van der Waals surface area contributed by atoms with E-state index < -0.39 is 0 Å². The van der Waals surface area contributed by atoms with Crippen LogP contribution in [0.2, 0.25) is 0 Å². The summed E-state index contributed by atoms with van der Waals surface area (Å²) < 4.78 is 1.80. The maximum absolute atomic E-state index is 12.5. The summed E-state index contributed by atoms with van der Waals surface area (Å²) in [5.74, 6) is 0.117. The summed E-state index contributed by atoms with van der Waals surface area (Å²) in [5, 5.41) is 8.58. The minimum atomic E-state index is 0.117. The molecule has 1 saturated heterocycles. The largest absolute Gasteiger partial charge is 0.337 e. The first-order valence-corrected chi connectivity index (χ1v) is 6.67. The SMILES string of the molecule is Cn1ncc2ccc(C(=O)N3CCCNCC3)cc21. The van der Waals surface area contributed by atoms with Crippen molar-refractivity contribution < 1.29 is 4.79 Å². The second kappa shape index (κ2) is 5.01. The number of hydrogen-bond donors (Lipinski definition) is 1. The van der Waals surface area contributed by atoms with Crippen molar-refractivity contribution in [2.45, 2.75) is 6.42 Å². The predicted octanol–water partition coefficient (Wildman–Crippen LogP) is 1.01. The van der Waals surface area contributed by atoms with Gasteiger partial charge in [-0.25, -0.2) is 0 Å². The molecule has 0 spiro atoms. The number of carbonyl (C=O) groups is 1. The van der Waals surface area contributed by atoms with E-state index in [0.29, 0.717) is 0 Å². The highest BCUT2D eigenvalue weighted by Crippen LogP contribution is 2.16. The molecule has 1 aromatic heterocycles. The minimum absolute atomic E-state index is 0.117. The third-order valence-corrected chi connectivity index (χ3v) is 3.62. The molecule has 100 valence electrons. The number of fused-ring (bicyclic) bond motifs is 1. The van der Waals surface area contributed by atoms with Gasteiger partial charge in [-0.2, -0.15) is 5.10 Å². The Labute approximate surface area is 112 Å². The molecule has 1 aliphatic heterocycles. The molecule has 0 saturated carbocycles. The number of benzene rings is 1. The Kier molecular flexibility index (Phi) is 3.21. The lowest BCUT2D eigenvalue weighted by atomic mass is 10.1. The van der Waals surface area contributed by atoms with E-state index in [1.807, 2.05) is 36.3 Å². The second-order valence-electron chi connectivity index (χ2n) is 4.94. The third kappa shape index (κ3) is 2.33. The average molecular weight is 258 g/mol. The Hall–Kier alpha value is -1.88. The van der Waals surface area contributed by atoms with Gasteiger partial charge in [0, 0.05) is 37.6 Å². The summed E-state index contributed by atoms with van der Waals surface area (Å²) in [4.78, 5) is 14.4. The Balaban J connectivity index is 1.89. The van der Waals surface area contributed by atoms with Crippen LogP contribution in [0.4, 0.5) is 0 Å². The number of aromatic nitrogens is 2. The van der Waals surface area contributed by atoms with E-state index >= 15 is 0 Å². The fourth-order valence-electron chi connectivity index (χ4n) is 2.51. The van der Waals surface area contributed by atoms with Crippen LogP contribution in [-0.2, 0) is 7.05 Å². The zero-order valence-corrected chi connectivity index (χ0v) is 11.1. The average Bonchev–Trinajstić information content (AvgIpc) is 2.67. The number of nitrogens with zero attached hydrogens (tertiary/aromatic N) is 3. The van der Waals surface area contributed by atoms with E-state index in [1.165, 1.54) is 0 Å². The lowest BCUT2D eigenvalue weighted by Crippen LogP contribution is -2.34. The molecule has 3 rings (SSSR count). The molecule has 5 heteroatoms. The highest BCUT2D eigenvalue weighted by atomic mass is 16.2. The predicted molar refractivity (Wildman–Crippen MR) is 74.1 cm³/mol. The number of carbonyl (C=O) groups excluding carboxylic acids is 1. The molecule has 1 N–H and O–H groups in total. The van der Waals surface area contributed by atoms with Gasteiger partial charge in [-0.05, 0) is 25.1 Å². The number of aryl methyl sites for hydroxylation is 1. The van der Waals surface area contributed by atoms with Crippen molar-refractivity contribution in [1.82, 2.24) is 20.0 Å². The number of hydrogen-bond acceptors (Lipinski definition) is 3. The van der Waals surface area contributed by atoms with Crippen LogP contribution in [0.25, 0.3) is 10.9 Å². The van der Waals surface area contributed by atoms with E-state index in [9.17, 15) is 4.79 Å². The summed E-state index contributed by atoms with van der Waals surface area (Å²) in [6.45, 7) is 3.47. The first-order valence-electron chi connectivity index (χ1n) is 6.67. The van der Waals surface area contributed by atoms with Gasteiger partial charge in [0.2, 0.25) is 0 Å². The van der Waals surface area contributed by atoms with Gasteiger partial charge >= 0.3 is 0 Å². The van der Waals surface area contributed by atoms with Crippen LogP contribution in [0.5, 0.6) is 0 Å². The lowest BCUT2D eigenvalue weighted by Gasteiger charge is -2.20. The van der Waals surface area contributed by atoms with Gasteiger partial charge in [0.05, 0.1) is 11.7 Å². The van der Waals surface area contributed by atoms with Crippen LogP contribution < -0.4 is 5.32 Å². The molecule has 0 atom stereocenters. The molecule has 0 aliphatic carbocycles. The van der Waals surface area contributed by atoms with Gasteiger partial charge in [-0.15, -0.1) is 0 Å².